The van der Waals surface area contributed by atoms with Gasteiger partial charge in [-0.25, -0.2) is 0 Å². The summed E-state index contributed by atoms with van der Waals surface area (Å²) in [5.41, 5.74) is 6.81. The van der Waals surface area contributed by atoms with E-state index in [1.54, 1.807) is 0 Å². The van der Waals surface area contributed by atoms with Crippen LogP contribution in [0.1, 0.15) is 25.3 Å². The number of hydrogen-bond donors (Lipinski definition) is 2. The molecule has 0 heterocycles. The van der Waals surface area contributed by atoms with Gasteiger partial charge in [0, 0.05) is 6.54 Å². The minimum Gasteiger partial charge on any atom is -0.375 e. The van der Waals surface area contributed by atoms with Crippen molar-refractivity contribution in [3.63, 3.8) is 0 Å². The van der Waals surface area contributed by atoms with Gasteiger partial charge in [-0.1, -0.05) is 43.7 Å². The van der Waals surface area contributed by atoms with Gasteiger partial charge in [0.2, 0.25) is 5.91 Å². The van der Waals surface area contributed by atoms with Crippen LogP contribution in [0.15, 0.2) is 30.3 Å². The molecule has 3 N–H and O–H groups in total. The van der Waals surface area contributed by atoms with Crippen molar-refractivity contribution in [3.05, 3.63) is 35.9 Å². The molecule has 100 valence electrons. The third-order valence-corrected chi connectivity index (χ3v) is 2.59. The zero-order valence-electron chi connectivity index (χ0n) is 10.9. The first-order valence-corrected chi connectivity index (χ1v) is 6.39. The fraction of sp³-hybridized carbons (Fsp3) is 0.500. The summed E-state index contributed by atoms with van der Waals surface area (Å²) in [6.45, 7) is 3.58. The van der Waals surface area contributed by atoms with Gasteiger partial charge in [0.1, 0.15) is 0 Å². The van der Waals surface area contributed by atoms with Crippen LogP contribution >= 0.6 is 0 Å². The molecule has 1 unspecified atom stereocenters. The SMILES string of the molecule is CCCC(N)C(=O)NCCOCc1ccccc1. The third-order valence-electron chi connectivity index (χ3n) is 2.59. The van der Waals surface area contributed by atoms with Crippen molar-refractivity contribution in [1.29, 1.82) is 0 Å². The molecule has 0 spiro atoms. The lowest BCUT2D eigenvalue weighted by Crippen LogP contribution is -2.41. The molecular formula is C14H22N2O2. The number of benzene rings is 1. The van der Waals surface area contributed by atoms with E-state index in [0.717, 1.165) is 18.4 Å². The van der Waals surface area contributed by atoms with Crippen molar-refractivity contribution in [1.82, 2.24) is 5.32 Å². The van der Waals surface area contributed by atoms with E-state index in [1.165, 1.54) is 0 Å². The van der Waals surface area contributed by atoms with E-state index in [0.29, 0.717) is 19.8 Å². The number of carbonyl (C=O) groups excluding carboxylic acids is 1. The predicted molar refractivity (Wildman–Crippen MR) is 72.0 cm³/mol. The summed E-state index contributed by atoms with van der Waals surface area (Å²) in [5, 5.41) is 2.76. The summed E-state index contributed by atoms with van der Waals surface area (Å²) in [5.74, 6) is -0.0971. The van der Waals surface area contributed by atoms with Gasteiger partial charge in [0.05, 0.1) is 19.3 Å². The van der Waals surface area contributed by atoms with E-state index in [-0.39, 0.29) is 5.91 Å². The Bertz CT molecular complexity index is 341. The second kappa shape index (κ2) is 8.66. The van der Waals surface area contributed by atoms with Crippen LogP contribution in [-0.4, -0.2) is 25.1 Å². The lowest BCUT2D eigenvalue weighted by atomic mass is 10.2. The maximum absolute atomic E-state index is 11.5. The van der Waals surface area contributed by atoms with Gasteiger partial charge in [0.15, 0.2) is 0 Å². The molecule has 1 aromatic carbocycles. The lowest BCUT2D eigenvalue weighted by Gasteiger charge is -2.11. The Morgan fingerprint density at radius 2 is 2.11 bits per heavy atom. The molecule has 1 atom stereocenters. The van der Waals surface area contributed by atoms with E-state index >= 15 is 0 Å². The predicted octanol–water partition coefficient (Wildman–Crippen LogP) is 1.45. The Labute approximate surface area is 109 Å². The van der Waals surface area contributed by atoms with Crippen molar-refractivity contribution in [2.75, 3.05) is 13.2 Å². The Morgan fingerprint density at radius 3 is 2.78 bits per heavy atom. The molecule has 1 rings (SSSR count). The van der Waals surface area contributed by atoms with Crippen LogP contribution < -0.4 is 11.1 Å². The number of nitrogens with two attached hydrogens (primary N) is 1. The van der Waals surface area contributed by atoms with Gasteiger partial charge in [0.25, 0.3) is 0 Å². The molecule has 0 saturated heterocycles. The molecule has 4 nitrogen and oxygen atoms in total. The molecule has 4 heteroatoms. The van der Waals surface area contributed by atoms with Crippen molar-refractivity contribution >= 4 is 5.91 Å². The van der Waals surface area contributed by atoms with Gasteiger partial charge >= 0.3 is 0 Å². The molecule has 0 radical (unpaired) electrons. The Hall–Kier alpha value is -1.39. The van der Waals surface area contributed by atoms with Crippen LogP contribution in [0, 0.1) is 0 Å². The van der Waals surface area contributed by atoms with Crippen LogP contribution in [0.2, 0.25) is 0 Å². The fourth-order valence-electron chi connectivity index (χ4n) is 1.58. The third kappa shape index (κ3) is 5.80. The van der Waals surface area contributed by atoms with E-state index < -0.39 is 6.04 Å². The monoisotopic (exact) mass is 250 g/mol. The normalized spacial score (nSPS) is 12.1. The van der Waals surface area contributed by atoms with Crippen molar-refractivity contribution in [3.8, 4) is 0 Å². The first-order chi connectivity index (χ1) is 8.74. The zero-order valence-corrected chi connectivity index (χ0v) is 10.9. The summed E-state index contributed by atoms with van der Waals surface area (Å²) < 4.78 is 5.45. The summed E-state index contributed by atoms with van der Waals surface area (Å²) in [4.78, 5) is 11.5. The lowest BCUT2D eigenvalue weighted by molar-refractivity contribution is -0.122. The highest BCUT2D eigenvalue weighted by molar-refractivity contribution is 5.81. The van der Waals surface area contributed by atoms with Crippen molar-refractivity contribution < 1.29 is 9.53 Å². The average Bonchev–Trinajstić information content (AvgIpc) is 2.39. The largest absolute Gasteiger partial charge is 0.375 e. The van der Waals surface area contributed by atoms with E-state index in [2.05, 4.69) is 5.32 Å². The second-order valence-corrected chi connectivity index (χ2v) is 4.22. The molecule has 0 aliphatic heterocycles. The standard InChI is InChI=1S/C14H22N2O2/c1-2-6-13(15)14(17)16-9-10-18-11-12-7-4-3-5-8-12/h3-5,7-8,13H,2,6,9-11,15H2,1H3,(H,16,17). The van der Waals surface area contributed by atoms with Crippen molar-refractivity contribution in [2.24, 2.45) is 5.73 Å². The molecule has 0 saturated carbocycles. The summed E-state index contributed by atoms with van der Waals surface area (Å²) >= 11 is 0. The van der Waals surface area contributed by atoms with Gasteiger partial charge in [-0.2, -0.15) is 0 Å². The highest BCUT2D eigenvalue weighted by Gasteiger charge is 2.10. The van der Waals surface area contributed by atoms with Crippen LogP contribution in [0.5, 0.6) is 0 Å². The number of ether oxygens (including phenoxy) is 1. The Balaban J connectivity index is 2.07. The maximum Gasteiger partial charge on any atom is 0.236 e. The maximum atomic E-state index is 11.5. The van der Waals surface area contributed by atoms with Crippen LogP contribution in [0.4, 0.5) is 0 Å². The number of amides is 1. The topological polar surface area (TPSA) is 64.4 Å². The van der Waals surface area contributed by atoms with Crippen LogP contribution in [-0.2, 0) is 16.1 Å². The molecule has 0 aromatic heterocycles. The molecule has 18 heavy (non-hydrogen) atoms. The van der Waals surface area contributed by atoms with E-state index in [4.69, 9.17) is 10.5 Å². The van der Waals surface area contributed by atoms with Crippen LogP contribution in [0.3, 0.4) is 0 Å². The highest BCUT2D eigenvalue weighted by Crippen LogP contribution is 1.99. The van der Waals surface area contributed by atoms with Crippen molar-refractivity contribution in [2.45, 2.75) is 32.4 Å². The highest BCUT2D eigenvalue weighted by atomic mass is 16.5. The molecule has 1 amide bonds. The minimum atomic E-state index is -0.399. The van der Waals surface area contributed by atoms with Gasteiger partial charge in [-0.15, -0.1) is 0 Å². The molecule has 0 fully saturated rings. The first kappa shape index (κ1) is 14.7. The van der Waals surface area contributed by atoms with Gasteiger partial charge in [-0.05, 0) is 12.0 Å². The second-order valence-electron chi connectivity index (χ2n) is 4.22. The Morgan fingerprint density at radius 1 is 1.39 bits per heavy atom. The number of carbonyl (C=O) groups is 1. The zero-order chi connectivity index (χ0) is 13.2. The fourth-order valence-corrected chi connectivity index (χ4v) is 1.58. The number of rotatable bonds is 8. The summed E-state index contributed by atoms with van der Waals surface area (Å²) in [7, 11) is 0. The summed E-state index contributed by atoms with van der Waals surface area (Å²) in [6.07, 6.45) is 1.63. The minimum absolute atomic E-state index is 0.0971. The first-order valence-electron chi connectivity index (χ1n) is 6.39. The average molecular weight is 250 g/mol. The van der Waals surface area contributed by atoms with Crippen LogP contribution in [0.25, 0.3) is 0 Å². The Kier molecular flexibility index (Phi) is 7.06. The summed E-state index contributed by atoms with van der Waals surface area (Å²) in [6, 6.07) is 9.54. The van der Waals surface area contributed by atoms with Gasteiger partial charge in [-0.3, -0.25) is 4.79 Å². The molecule has 0 bridgehead atoms. The molecule has 0 aliphatic carbocycles. The molecular weight excluding hydrogens is 228 g/mol. The smallest absolute Gasteiger partial charge is 0.236 e. The van der Waals surface area contributed by atoms with E-state index in [1.807, 2.05) is 37.3 Å². The number of nitrogens with one attached hydrogen (secondary N) is 1. The molecule has 0 aliphatic rings. The van der Waals surface area contributed by atoms with Gasteiger partial charge < -0.3 is 15.8 Å². The van der Waals surface area contributed by atoms with E-state index in [9.17, 15) is 4.79 Å². The quantitative estimate of drug-likeness (QED) is 0.686. The molecule has 1 aromatic rings. The number of hydrogen-bond acceptors (Lipinski definition) is 3.